The molecule has 0 aliphatic carbocycles. The molecule has 2 atom stereocenters. The molecule has 98 valence electrons. The van der Waals surface area contributed by atoms with Crippen molar-refractivity contribution in [1.82, 2.24) is 14.9 Å². The Labute approximate surface area is 116 Å². The van der Waals surface area contributed by atoms with E-state index >= 15 is 0 Å². The highest BCUT2D eigenvalue weighted by molar-refractivity contribution is 9.10. The monoisotopic (exact) mass is 310 g/mol. The highest BCUT2D eigenvalue weighted by atomic mass is 79.9. The number of halogens is 1. The van der Waals surface area contributed by atoms with Crippen LogP contribution >= 0.6 is 15.9 Å². The van der Waals surface area contributed by atoms with Gasteiger partial charge >= 0.3 is 0 Å². The molecule has 1 N–H and O–H groups in total. The smallest absolute Gasteiger partial charge is 0.222 e. The Morgan fingerprint density at radius 3 is 2.44 bits per heavy atom. The molecule has 5 heteroatoms. The molecule has 1 aromatic heterocycles. The van der Waals surface area contributed by atoms with E-state index in [0.29, 0.717) is 6.04 Å². The summed E-state index contributed by atoms with van der Waals surface area (Å²) >= 11 is 3.36. The maximum atomic E-state index is 4.30. The Morgan fingerprint density at radius 2 is 1.83 bits per heavy atom. The quantitative estimate of drug-likeness (QED) is 0.912. The molecule has 18 heavy (non-hydrogen) atoms. The van der Waals surface area contributed by atoms with Crippen molar-refractivity contribution in [2.45, 2.75) is 50.2 Å². The third kappa shape index (κ3) is 2.52. The van der Waals surface area contributed by atoms with E-state index in [1.807, 2.05) is 0 Å². The lowest BCUT2D eigenvalue weighted by Crippen LogP contribution is -2.52. The Morgan fingerprint density at radius 1 is 1.22 bits per heavy atom. The largest absolute Gasteiger partial charge is 0.351 e. The number of rotatable bonds is 2. The number of fused-ring (bicyclic) bond motifs is 2. The third-order valence-electron chi connectivity index (χ3n) is 4.29. The van der Waals surface area contributed by atoms with Crippen molar-refractivity contribution in [3.05, 3.63) is 16.9 Å². The molecule has 3 heterocycles. The fraction of sp³-hybridized carbons (Fsp3) is 0.692. The molecule has 2 unspecified atom stereocenters. The summed E-state index contributed by atoms with van der Waals surface area (Å²) in [6, 6.07) is 2.01. The van der Waals surface area contributed by atoms with E-state index in [2.05, 4.69) is 43.2 Å². The van der Waals surface area contributed by atoms with Crippen molar-refractivity contribution in [1.29, 1.82) is 0 Å². The summed E-state index contributed by atoms with van der Waals surface area (Å²) in [7, 11) is 2.28. The van der Waals surface area contributed by atoms with Gasteiger partial charge in [0, 0.05) is 30.5 Å². The van der Waals surface area contributed by atoms with Crippen molar-refractivity contribution in [2.24, 2.45) is 0 Å². The number of nitrogens with one attached hydrogen (secondary N) is 1. The molecule has 0 aromatic carbocycles. The second-order valence-corrected chi connectivity index (χ2v) is 6.36. The van der Waals surface area contributed by atoms with Gasteiger partial charge in [0.2, 0.25) is 5.95 Å². The highest BCUT2D eigenvalue weighted by Gasteiger charge is 2.35. The molecular formula is C13H19BrN4. The van der Waals surface area contributed by atoms with Crippen LogP contribution in [0.3, 0.4) is 0 Å². The van der Waals surface area contributed by atoms with Gasteiger partial charge in [-0.2, -0.15) is 0 Å². The molecule has 0 amide bonds. The zero-order valence-corrected chi connectivity index (χ0v) is 12.2. The molecule has 0 saturated carbocycles. The van der Waals surface area contributed by atoms with E-state index in [1.54, 1.807) is 12.4 Å². The van der Waals surface area contributed by atoms with Gasteiger partial charge in [-0.05, 0) is 48.7 Å². The van der Waals surface area contributed by atoms with Crippen LogP contribution in [0.1, 0.15) is 32.1 Å². The second-order valence-electron chi connectivity index (χ2n) is 5.44. The molecule has 2 saturated heterocycles. The van der Waals surface area contributed by atoms with E-state index in [4.69, 9.17) is 0 Å². The predicted molar refractivity (Wildman–Crippen MR) is 75.6 cm³/mol. The Bertz CT molecular complexity index is 394. The fourth-order valence-electron chi connectivity index (χ4n) is 3.30. The lowest BCUT2D eigenvalue weighted by atomic mass is 9.82. The van der Waals surface area contributed by atoms with Crippen LogP contribution in [0.15, 0.2) is 16.9 Å². The maximum absolute atomic E-state index is 4.30. The van der Waals surface area contributed by atoms with Crippen LogP contribution in [0.25, 0.3) is 0 Å². The molecule has 1 aromatic rings. The molecule has 2 fully saturated rings. The van der Waals surface area contributed by atoms with Gasteiger partial charge in [-0.3, -0.25) is 0 Å². The number of hydrogen-bond acceptors (Lipinski definition) is 4. The molecule has 0 spiro atoms. The standard InChI is InChI=1S/C13H19BrN4/c1-18-11-3-2-4-12(18)6-10(5-11)17-13-15-7-9(14)8-16-13/h7-8,10-12H,2-6H2,1H3,(H,15,16,17). The number of anilines is 1. The van der Waals surface area contributed by atoms with Gasteiger partial charge in [0.15, 0.2) is 0 Å². The number of nitrogens with zero attached hydrogens (tertiary/aromatic N) is 3. The first-order valence-corrected chi connectivity index (χ1v) is 7.47. The molecule has 4 nitrogen and oxygen atoms in total. The molecular weight excluding hydrogens is 292 g/mol. The third-order valence-corrected chi connectivity index (χ3v) is 4.70. The molecule has 0 radical (unpaired) electrons. The van der Waals surface area contributed by atoms with Crippen molar-refractivity contribution < 1.29 is 0 Å². The van der Waals surface area contributed by atoms with Crippen LogP contribution in [0.2, 0.25) is 0 Å². The SMILES string of the molecule is CN1C2CCCC1CC(Nc1ncc(Br)cn1)C2. The summed E-state index contributed by atoms with van der Waals surface area (Å²) in [6.45, 7) is 0. The van der Waals surface area contributed by atoms with Crippen molar-refractivity contribution in [3.63, 3.8) is 0 Å². The van der Waals surface area contributed by atoms with Crippen molar-refractivity contribution in [2.75, 3.05) is 12.4 Å². The summed E-state index contributed by atoms with van der Waals surface area (Å²) in [5.74, 6) is 0.755. The van der Waals surface area contributed by atoms with Crippen LogP contribution in [-0.2, 0) is 0 Å². The van der Waals surface area contributed by atoms with Crippen LogP contribution < -0.4 is 5.32 Å². The molecule has 2 aliphatic rings. The average Bonchev–Trinajstić information content (AvgIpc) is 2.33. The first-order chi connectivity index (χ1) is 8.72. The normalized spacial score (nSPS) is 32.2. The van der Waals surface area contributed by atoms with E-state index < -0.39 is 0 Å². The van der Waals surface area contributed by atoms with Gasteiger partial charge in [0.1, 0.15) is 0 Å². The fourth-order valence-corrected chi connectivity index (χ4v) is 3.51. The van der Waals surface area contributed by atoms with Crippen LogP contribution in [0, 0.1) is 0 Å². The van der Waals surface area contributed by atoms with Gasteiger partial charge in [-0.25, -0.2) is 9.97 Å². The topological polar surface area (TPSA) is 41.0 Å². The molecule has 2 bridgehead atoms. The summed E-state index contributed by atoms with van der Waals surface area (Å²) in [4.78, 5) is 11.2. The van der Waals surface area contributed by atoms with Gasteiger partial charge in [-0.15, -0.1) is 0 Å². The zero-order chi connectivity index (χ0) is 12.5. The Hall–Kier alpha value is -0.680. The lowest BCUT2D eigenvalue weighted by molar-refractivity contribution is 0.0607. The first-order valence-electron chi connectivity index (χ1n) is 6.68. The van der Waals surface area contributed by atoms with Crippen LogP contribution in [0.5, 0.6) is 0 Å². The van der Waals surface area contributed by atoms with Crippen LogP contribution in [-0.4, -0.2) is 40.0 Å². The van der Waals surface area contributed by atoms with E-state index in [0.717, 1.165) is 22.5 Å². The minimum atomic E-state index is 0.526. The van der Waals surface area contributed by atoms with E-state index in [9.17, 15) is 0 Å². The highest BCUT2D eigenvalue weighted by Crippen LogP contribution is 2.33. The maximum Gasteiger partial charge on any atom is 0.222 e. The van der Waals surface area contributed by atoms with Crippen molar-refractivity contribution >= 4 is 21.9 Å². The first kappa shape index (κ1) is 12.4. The average molecular weight is 311 g/mol. The summed E-state index contributed by atoms with van der Waals surface area (Å²) < 4.78 is 0.924. The van der Waals surface area contributed by atoms with E-state index in [-0.39, 0.29) is 0 Å². The predicted octanol–water partition coefficient (Wildman–Crippen LogP) is 2.67. The number of piperidine rings is 2. The van der Waals surface area contributed by atoms with Gasteiger partial charge < -0.3 is 10.2 Å². The Kier molecular flexibility index (Phi) is 3.52. The lowest BCUT2D eigenvalue weighted by Gasteiger charge is -2.47. The summed E-state index contributed by atoms with van der Waals surface area (Å²) in [5.41, 5.74) is 0. The number of aromatic nitrogens is 2. The van der Waals surface area contributed by atoms with E-state index in [1.165, 1.54) is 32.1 Å². The van der Waals surface area contributed by atoms with Gasteiger partial charge in [0.05, 0.1) is 4.47 Å². The minimum absolute atomic E-state index is 0.526. The van der Waals surface area contributed by atoms with Gasteiger partial charge in [0.25, 0.3) is 0 Å². The molecule has 3 rings (SSSR count). The zero-order valence-electron chi connectivity index (χ0n) is 10.6. The summed E-state index contributed by atoms with van der Waals surface area (Å²) in [5, 5.41) is 3.49. The van der Waals surface area contributed by atoms with Crippen LogP contribution in [0.4, 0.5) is 5.95 Å². The second kappa shape index (κ2) is 5.13. The molecule has 2 aliphatic heterocycles. The van der Waals surface area contributed by atoms with Gasteiger partial charge in [-0.1, -0.05) is 6.42 Å². The Balaban J connectivity index is 1.66. The number of hydrogen-bond donors (Lipinski definition) is 1. The summed E-state index contributed by atoms with van der Waals surface area (Å²) in [6.07, 6.45) is 10.1. The minimum Gasteiger partial charge on any atom is -0.351 e. The van der Waals surface area contributed by atoms with Crippen molar-refractivity contribution in [3.8, 4) is 0 Å².